The highest BCUT2D eigenvalue weighted by Gasteiger charge is 2.27. The van der Waals surface area contributed by atoms with E-state index in [1.807, 2.05) is 0 Å². The standard InChI is InChI=1S/C8H14OS2/c1-2-7(9-3-1)8-6-10-4-5-11-8/h7-8H,1-6H2. The lowest BCUT2D eigenvalue weighted by molar-refractivity contribution is 0.113. The molecule has 2 unspecified atom stereocenters. The molecule has 2 fully saturated rings. The zero-order chi connectivity index (χ0) is 7.52. The molecule has 1 nitrogen and oxygen atoms in total. The van der Waals surface area contributed by atoms with E-state index in [1.165, 1.54) is 30.1 Å². The first-order valence-corrected chi connectivity index (χ1v) is 6.48. The van der Waals surface area contributed by atoms with Gasteiger partial charge in [0.15, 0.2) is 0 Å². The second kappa shape index (κ2) is 4.06. The van der Waals surface area contributed by atoms with Crippen LogP contribution in [0.1, 0.15) is 12.8 Å². The number of rotatable bonds is 1. The molecular weight excluding hydrogens is 176 g/mol. The van der Waals surface area contributed by atoms with Crippen molar-refractivity contribution in [2.75, 3.05) is 23.9 Å². The topological polar surface area (TPSA) is 9.23 Å². The van der Waals surface area contributed by atoms with Crippen molar-refractivity contribution >= 4 is 23.5 Å². The van der Waals surface area contributed by atoms with Gasteiger partial charge in [0, 0.05) is 29.1 Å². The Morgan fingerprint density at radius 2 is 2.27 bits per heavy atom. The molecule has 0 bridgehead atoms. The van der Waals surface area contributed by atoms with Crippen LogP contribution in [-0.2, 0) is 4.74 Å². The molecule has 2 aliphatic heterocycles. The quantitative estimate of drug-likeness (QED) is 0.626. The highest BCUT2D eigenvalue weighted by atomic mass is 32.2. The molecule has 0 amide bonds. The lowest BCUT2D eigenvalue weighted by Crippen LogP contribution is -2.27. The van der Waals surface area contributed by atoms with Crippen LogP contribution in [0.25, 0.3) is 0 Å². The smallest absolute Gasteiger partial charge is 0.0702 e. The molecule has 2 rings (SSSR count). The summed E-state index contributed by atoms with van der Waals surface area (Å²) in [4.78, 5) is 0. The maximum atomic E-state index is 5.66. The summed E-state index contributed by atoms with van der Waals surface area (Å²) in [5.41, 5.74) is 0. The van der Waals surface area contributed by atoms with E-state index in [9.17, 15) is 0 Å². The Balaban J connectivity index is 1.82. The van der Waals surface area contributed by atoms with Crippen LogP contribution in [0, 0.1) is 0 Å². The SMILES string of the molecule is C1COC(C2CSCCS2)C1. The molecule has 2 atom stereocenters. The van der Waals surface area contributed by atoms with Crippen molar-refractivity contribution in [3.63, 3.8) is 0 Å². The zero-order valence-corrected chi connectivity index (χ0v) is 8.26. The van der Waals surface area contributed by atoms with Gasteiger partial charge in [-0.1, -0.05) is 0 Å². The molecule has 0 aromatic rings. The van der Waals surface area contributed by atoms with Crippen molar-refractivity contribution in [2.24, 2.45) is 0 Å². The van der Waals surface area contributed by atoms with Gasteiger partial charge < -0.3 is 4.74 Å². The largest absolute Gasteiger partial charge is 0.377 e. The van der Waals surface area contributed by atoms with Crippen molar-refractivity contribution in [1.82, 2.24) is 0 Å². The van der Waals surface area contributed by atoms with Gasteiger partial charge in [0.2, 0.25) is 0 Å². The van der Waals surface area contributed by atoms with E-state index in [4.69, 9.17) is 4.74 Å². The fourth-order valence-corrected chi connectivity index (χ4v) is 4.49. The molecule has 2 aliphatic rings. The van der Waals surface area contributed by atoms with Crippen LogP contribution >= 0.6 is 23.5 Å². The Kier molecular flexibility index (Phi) is 3.05. The summed E-state index contributed by atoms with van der Waals surface area (Å²) in [7, 11) is 0. The predicted octanol–water partition coefficient (Wildman–Crippen LogP) is 2.01. The number of thioether (sulfide) groups is 2. The number of ether oxygens (including phenoxy) is 1. The lowest BCUT2D eigenvalue weighted by atomic mass is 10.2. The summed E-state index contributed by atoms with van der Waals surface area (Å²) in [5, 5.41) is 0.802. The van der Waals surface area contributed by atoms with Gasteiger partial charge in [0.25, 0.3) is 0 Å². The van der Waals surface area contributed by atoms with Crippen molar-refractivity contribution in [2.45, 2.75) is 24.2 Å². The molecule has 0 saturated carbocycles. The first-order valence-electron chi connectivity index (χ1n) is 4.28. The van der Waals surface area contributed by atoms with Gasteiger partial charge in [-0.15, -0.1) is 0 Å². The van der Waals surface area contributed by atoms with Gasteiger partial charge in [0.05, 0.1) is 6.10 Å². The summed E-state index contributed by atoms with van der Waals surface area (Å²) < 4.78 is 5.66. The second-order valence-electron chi connectivity index (χ2n) is 3.04. The number of hydrogen-bond acceptors (Lipinski definition) is 3. The van der Waals surface area contributed by atoms with E-state index in [1.54, 1.807) is 0 Å². The summed E-state index contributed by atoms with van der Waals surface area (Å²) in [6, 6.07) is 0. The van der Waals surface area contributed by atoms with Crippen LogP contribution in [0.3, 0.4) is 0 Å². The first-order chi connectivity index (χ1) is 5.47. The molecule has 2 heterocycles. The van der Waals surface area contributed by atoms with Crippen LogP contribution in [0.15, 0.2) is 0 Å². The van der Waals surface area contributed by atoms with Crippen LogP contribution in [0.4, 0.5) is 0 Å². The van der Waals surface area contributed by atoms with Crippen molar-refractivity contribution in [3.8, 4) is 0 Å². The van der Waals surface area contributed by atoms with Crippen LogP contribution in [-0.4, -0.2) is 35.2 Å². The van der Waals surface area contributed by atoms with Gasteiger partial charge >= 0.3 is 0 Å². The lowest BCUT2D eigenvalue weighted by Gasteiger charge is -2.25. The Labute approximate surface area is 76.6 Å². The van der Waals surface area contributed by atoms with E-state index in [0.29, 0.717) is 6.10 Å². The molecule has 0 aliphatic carbocycles. The molecule has 0 spiro atoms. The van der Waals surface area contributed by atoms with Gasteiger partial charge in [-0.3, -0.25) is 0 Å². The highest BCUT2D eigenvalue weighted by Crippen LogP contribution is 2.31. The molecule has 3 heteroatoms. The highest BCUT2D eigenvalue weighted by molar-refractivity contribution is 8.06. The molecule has 0 N–H and O–H groups in total. The van der Waals surface area contributed by atoms with Crippen molar-refractivity contribution < 1.29 is 4.74 Å². The Hall–Kier alpha value is 0.660. The molecule has 0 aromatic heterocycles. The van der Waals surface area contributed by atoms with Crippen LogP contribution in [0.5, 0.6) is 0 Å². The molecule has 0 radical (unpaired) electrons. The Morgan fingerprint density at radius 3 is 2.91 bits per heavy atom. The minimum absolute atomic E-state index is 0.591. The molecule has 2 saturated heterocycles. The van der Waals surface area contributed by atoms with E-state index < -0.39 is 0 Å². The molecule has 0 aromatic carbocycles. The van der Waals surface area contributed by atoms with Gasteiger partial charge in [-0.05, 0) is 12.8 Å². The monoisotopic (exact) mass is 190 g/mol. The molecular formula is C8H14OS2. The third-order valence-corrected chi connectivity index (χ3v) is 5.12. The van der Waals surface area contributed by atoms with E-state index in [0.717, 1.165) is 11.9 Å². The first kappa shape index (κ1) is 8.27. The zero-order valence-electron chi connectivity index (χ0n) is 6.62. The summed E-state index contributed by atoms with van der Waals surface area (Å²) in [6.45, 7) is 1.01. The number of hydrogen-bond donors (Lipinski definition) is 0. The third-order valence-electron chi connectivity index (χ3n) is 2.22. The van der Waals surface area contributed by atoms with Crippen LogP contribution < -0.4 is 0 Å². The van der Waals surface area contributed by atoms with E-state index in [2.05, 4.69) is 23.5 Å². The van der Waals surface area contributed by atoms with Crippen molar-refractivity contribution in [1.29, 1.82) is 0 Å². The Morgan fingerprint density at radius 1 is 1.27 bits per heavy atom. The normalized spacial score (nSPS) is 39.3. The van der Waals surface area contributed by atoms with Gasteiger partial charge in [-0.2, -0.15) is 23.5 Å². The van der Waals surface area contributed by atoms with E-state index in [-0.39, 0.29) is 0 Å². The molecule has 64 valence electrons. The minimum Gasteiger partial charge on any atom is -0.377 e. The predicted molar refractivity (Wildman–Crippen MR) is 52.5 cm³/mol. The summed E-state index contributed by atoms with van der Waals surface area (Å²) in [6.07, 6.45) is 3.18. The van der Waals surface area contributed by atoms with Gasteiger partial charge in [-0.25, -0.2) is 0 Å². The average molecular weight is 190 g/mol. The van der Waals surface area contributed by atoms with Crippen molar-refractivity contribution in [3.05, 3.63) is 0 Å². The summed E-state index contributed by atoms with van der Waals surface area (Å²) >= 11 is 4.20. The minimum atomic E-state index is 0.591. The fraction of sp³-hybridized carbons (Fsp3) is 1.00. The van der Waals surface area contributed by atoms with Crippen LogP contribution in [0.2, 0.25) is 0 Å². The fourth-order valence-electron chi connectivity index (χ4n) is 1.62. The average Bonchev–Trinajstić information content (AvgIpc) is 2.58. The molecule has 11 heavy (non-hydrogen) atoms. The van der Waals surface area contributed by atoms with Gasteiger partial charge in [0.1, 0.15) is 0 Å². The third kappa shape index (κ3) is 2.07. The van der Waals surface area contributed by atoms with E-state index >= 15 is 0 Å². The summed E-state index contributed by atoms with van der Waals surface area (Å²) in [5.74, 6) is 3.98. The Bertz CT molecular complexity index is 117. The second-order valence-corrected chi connectivity index (χ2v) is 5.53. The maximum absolute atomic E-state index is 5.66. The maximum Gasteiger partial charge on any atom is 0.0702 e.